The number of hydrogen-bond donors (Lipinski definition) is 1. The Balaban J connectivity index is 2.25. The second-order valence-electron chi connectivity index (χ2n) is 4.43. The van der Waals surface area contributed by atoms with Crippen molar-refractivity contribution in [1.29, 1.82) is 0 Å². The van der Waals surface area contributed by atoms with Gasteiger partial charge in [0, 0.05) is 15.5 Å². The smallest absolute Gasteiger partial charge is 0.220 e. The average Bonchev–Trinajstić information content (AvgIpc) is 2.48. The summed E-state index contributed by atoms with van der Waals surface area (Å²) in [6.45, 7) is -0.161. The maximum atomic E-state index is 10.9. The molecule has 0 aliphatic rings. The molecule has 6 heteroatoms. The van der Waals surface area contributed by atoms with Crippen LogP contribution in [0.4, 0.5) is 5.69 Å². The third-order valence-electron chi connectivity index (χ3n) is 2.99. The van der Waals surface area contributed by atoms with E-state index in [1.807, 2.05) is 30.3 Å². The van der Waals surface area contributed by atoms with Crippen molar-refractivity contribution in [3.05, 3.63) is 64.2 Å². The lowest BCUT2D eigenvalue weighted by Crippen LogP contribution is -2.10. The third kappa shape index (κ3) is 4.13. The van der Waals surface area contributed by atoms with Crippen LogP contribution in [0.5, 0.6) is 5.75 Å². The first-order valence-electron chi connectivity index (χ1n) is 6.37. The van der Waals surface area contributed by atoms with Gasteiger partial charge in [0.25, 0.3) is 0 Å². The van der Waals surface area contributed by atoms with Crippen molar-refractivity contribution in [2.75, 3.05) is 19.4 Å². The lowest BCUT2D eigenvalue weighted by molar-refractivity contribution is -0.479. The van der Waals surface area contributed by atoms with E-state index in [0.29, 0.717) is 5.69 Å². The Morgan fingerprint density at radius 1 is 1.24 bits per heavy atom. The first-order valence-corrected chi connectivity index (χ1v) is 7.25. The number of nitrogen functional groups attached to an aromatic ring is 1. The van der Waals surface area contributed by atoms with Gasteiger partial charge in [-0.15, -0.1) is 11.8 Å². The van der Waals surface area contributed by atoms with Crippen LogP contribution in [0.25, 0.3) is 0 Å². The van der Waals surface area contributed by atoms with Gasteiger partial charge in [-0.2, -0.15) is 0 Å². The Hall–Kier alpha value is -2.21. The van der Waals surface area contributed by atoms with Gasteiger partial charge in [0.15, 0.2) is 0 Å². The first-order chi connectivity index (χ1) is 10.1. The number of nitrogens with zero attached hydrogens (tertiary/aromatic N) is 1. The molecule has 0 heterocycles. The van der Waals surface area contributed by atoms with Gasteiger partial charge in [0.05, 0.1) is 12.4 Å². The minimum Gasteiger partial charge on any atom is -0.497 e. The van der Waals surface area contributed by atoms with E-state index < -0.39 is 0 Å². The van der Waals surface area contributed by atoms with Crippen LogP contribution in [0.15, 0.2) is 53.4 Å². The summed E-state index contributed by atoms with van der Waals surface area (Å²) in [5.74, 6) is 0.725. The Morgan fingerprint density at radius 2 is 1.90 bits per heavy atom. The Bertz CT molecular complexity index is 617. The molecule has 0 spiro atoms. The van der Waals surface area contributed by atoms with Crippen LogP contribution in [0, 0.1) is 10.1 Å². The van der Waals surface area contributed by atoms with E-state index in [1.165, 1.54) is 11.8 Å². The van der Waals surface area contributed by atoms with Gasteiger partial charge in [0.2, 0.25) is 6.54 Å². The monoisotopic (exact) mass is 304 g/mol. The molecule has 2 aromatic rings. The van der Waals surface area contributed by atoms with Crippen molar-refractivity contribution in [2.45, 2.75) is 10.1 Å². The predicted molar refractivity (Wildman–Crippen MR) is 84.3 cm³/mol. The zero-order valence-electron chi connectivity index (χ0n) is 11.6. The molecule has 110 valence electrons. The van der Waals surface area contributed by atoms with Gasteiger partial charge >= 0.3 is 0 Å². The first kappa shape index (κ1) is 15.2. The molecule has 2 N–H and O–H groups in total. The number of para-hydroxylation sites is 1. The van der Waals surface area contributed by atoms with E-state index in [9.17, 15) is 10.1 Å². The van der Waals surface area contributed by atoms with Gasteiger partial charge in [-0.1, -0.05) is 24.3 Å². The molecule has 1 unspecified atom stereocenters. The minimum absolute atomic E-state index is 0.161. The van der Waals surface area contributed by atoms with E-state index in [0.717, 1.165) is 16.2 Å². The highest BCUT2D eigenvalue weighted by atomic mass is 32.2. The number of anilines is 1. The molecule has 1 atom stereocenters. The molecule has 0 radical (unpaired) electrons. The average molecular weight is 304 g/mol. The summed E-state index contributed by atoms with van der Waals surface area (Å²) in [5.41, 5.74) is 7.42. The fourth-order valence-corrected chi connectivity index (χ4v) is 3.06. The van der Waals surface area contributed by atoms with Gasteiger partial charge in [-0.25, -0.2) is 0 Å². The van der Waals surface area contributed by atoms with E-state index in [1.54, 1.807) is 25.3 Å². The molecular weight excluding hydrogens is 288 g/mol. The highest BCUT2D eigenvalue weighted by Gasteiger charge is 2.20. The number of hydrogen-bond acceptors (Lipinski definition) is 5. The van der Waals surface area contributed by atoms with Crippen LogP contribution in [0.1, 0.15) is 10.8 Å². The van der Waals surface area contributed by atoms with Crippen LogP contribution >= 0.6 is 11.8 Å². The highest BCUT2D eigenvalue weighted by Crippen LogP contribution is 2.38. The van der Waals surface area contributed by atoms with Crippen molar-refractivity contribution in [3.63, 3.8) is 0 Å². The number of benzene rings is 2. The molecule has 2 aromatic carbocycles. The fourth-order valence-electron chi connectivity index (χ4n) is 1.91. The predicted octanol–water partition coefficient (Wildman–Crippen LogP) is 3.39. The molecule has 0 bridgehead atoms. The summed E-state index contributed by atoms with van der Waals surface area (Å²) in [7, 11) is 1.59. The lowest BCUT2D eigenvalue weighted by atomic mass is 10.1. The quantitative estimate of drug-likeness (QED) is 0.383. The second kappa shape index (κ2) is 6.99. The summed E-state index contributed by atoms with van der Waals surface area (Å²) >= 11 is 1.40. The molecule has 0 saturated carbocycles. The van der Waals surface area contributed by atoms with E-state index in [-0.39, 0.29) is 16.7 Å². The normalized spacial score (nSPS) is 11.9. The van der Waals surface area contributed by atoms with Gasteiger partial charge in [-0.3, -0.25) is 10.1 Å². The molecule has 0 saturated heterocycles. The highest BCUT2D eigenvalue weighted by molar-refractivity contribution is 7.99. The van der Waals surface area contributed by atoms with Crippen LogP contribution in [0.2, 0.25) is 0 Å². The van der Waals surface area contributed by atoms with Crippen LogP contribution < -0.4 is 10.5 Å². The minimum atomic E-state index is -0.305. The lowest BCUT2D eigenvalue weighted by Gasteiger charge is -2.14. The van der Waals surface area contributed by atoms with Crippen molar-refractivity contribution < 1.29 is 9.66 Å². The summed E-state index contributed by atoms with van der Waals surface area (Å²) < 4.78 is 5.11. The number of ether oxygens (including phenoxy) is 1. The van der Waals surface area contributed by atoms with E-state index in [4.69, 9.17) is 10.5 Å². The molecule has 0 aromatic heterocycles. The molecule has 2 rings (SSSR count). The van der Waals surface area contributed by atoms with Gasteiger partial charge < -0.3 is 10.5 Å². The molecular formula is C15H16N2O3S. The number of nitrogens with two attached hydrogens (primary N) is 1. The van der Waals surface area contributed by atoms with Crippen molar-refractivity contribution in [1.82, 2.24) is 0 Å². The van der Waals surface area contributed by atoms with Gasteiger partial charge in [0.1, 0.15) is 5.75 Å². The standard InChI is InChI=1S/C15H16N2O3S/c1-20-12-8-6-11(7-9-12)15(10-17(18)19)21-14-5-3-2-4-13(14)16/h2-9,15H,10,16H2,1H3. The number of thioether (sulfide) groups is 1. The Labute approximate surface area is 127 Å². The van der Waals surface area contributed by atoms with Crippen molar-refractivity contribution >= 4 is 17.4 Å². The topological polar surface area (TPSA) is 78.4 Å². The zero-order chi connectivity index (χ0) is 15.2. The summed E-state index contributed by atoms with van der Waals surface area (Å²) in [4.78, 5) is 11.5. The maximum Gasteiger partial charge on any atom is 0.220 e. The SMILES string of the molecule is COc1ccc(C(C[N+](=O)[O-])Sc2ccccc2N)cc1. The summed E-state index contributed by atoms with van der Waals surface area (Å²) in [6.07, 6.45) is 0. The van der Waals surface area contributed by atoms with E-state index in [2.05, 4.69) is 0 Å². The van der Waals surface area contributed by atoms with Crippen LogP contribution in [-0.2, 0) is 0 Å². The van der Waals surface area contributed by atoms with Crippen molar-refractivity contribution in [3.8, 4) is 5.75 Å². The van der Waals surface area contributed by atoms with Gasteiger partial charge in [-0.05, 0) is 29.8 Å². The second-order valence-corrected chi connectivity index (χ2v) is 5.68. The molecule has 0 aliphatic carbocycles. The molecule has 0 aliphatic heterocycles. The Kier molecular flexibility index (Phi) is 5.05. The number of methoxy groups -OCH3 is 1. The molecule has 21 heavy (non-hydrogen) atoms. The fraction of sp³-hybridized carbons (Fsp3) is 0.200. The molecule has 0 fully saturated rings. The van der Waals surface area contributed by atoms with Crippen LogP contribution in [0.3, 0.4) is 0 Å². The van der Waals surface area contributed by atoms with Crippen molar-refractivity contribution in [2.24, 2.45) is 0 Å². The summed E-state index contributed by atoms with van der Waals surface area (Å²) in [5, 5.41) is 10.6. The van der Waals surface area contributed by atoms with Crippen LogP contribution in [-0.4, -0.2) is 18.6 Å². The maximum absolute atomic E-state index is 10.9. The molecule has 5 nitrogen and oxygen atoms in total. The Morgan fingerprint density at radius 3 is 2.48 bits per heavy atom. The number of nitro groups is 1. The molecule has 0 amide bonds. The zero-order valence-corrected chi connectivity index (χ0v) is 12.4. The largest absolute Gasteiger partial charge is 0.497 e. The van der Waals surface area contributed by atoms with E-state index >= 15 is 0 Å². The third-order valence-corrected chi connectivity index (χ3v) is 4.32. The summed E-state index contributed by atoms with van der Waals surface area (Å²) in [6, 6.07) is 14.7. The number of rotatable bonds is 6.